The van der Waals surface area contributed by atoms with Crippen LogP contribution in [0.1, 0.15) is 20.8 Å². The molecule has 8 heteroatoms. The van der Waals surface area contributed by atoms with Crippen molar-refractivity contribution in [1.82, 2.24) is 14.5 Å². The molecule has 1 aliphatic heterocycles. The highest BCUT2D eigenvalue weighted by Crippen LogP contribution is 2.18. The van der Waals surface area contributed by atoms with Crippen molar-refractivity contribution in [2.45, 2.75) is 20.8 Å². The number of hydrogen-bond donors (Lipinski definition) is 1. The minimum atomic E-state index is -3.38. The molecule has 0 radical (unpaired) electrons. The number of halogens is 1. The van der Waals surface area contributed by atoms with E-state index in [9.17, 15) is 13.2 Å². The van der Waals surface area contributed by atoms with Gasteiger partial charge in [-0.15, -0.1) is 12.4 Å². The minimum absolute atomic E-state index is 0. The Kier molecular flexibility index (Phi) is 7.44. The molecular formula is C12H26ClN3O3S. The zero-order valence-electron chi connectivity index (χ0n) is 12.7. The van der Waals surface area contributed by atoms with Crippen LogP contribution in [0.2, 0.25) is 0 Å². The van der Waals surface area contributed by atoms with E-state index >= 15 is 0 Å². The van der Waals surface area contributed by atoms with Crippen LogP contribution in [0.3, 0.4) is 0 Å². The molecule has 0 aromatic rings. The van der Waals surface area contributed by atoms with Crippen molar-refractivity contribution in [3.8, 4) is 0 Å². The van der Waals surface area contributed by atoms with Crippen LogP contribution < -0.4 is 5.32 Å². The highest BCUT2D eigenvalue weighted by atomic mass is 35.5. The molecule has 120 valence electrons. The summed E-state index contributed by atoms with van der Waals surface area (Å²) in [7, 11) is -1.91. The maximum atomic E-state index is 12.1. The molecular weight excluding hydrogens is 302 g/mol. The zero-order chi connectivity index (χ0) is 14.7. The summed E-state index contributed by atoms with van der Waals surface area (Å²) in [5.41, 5.74) is -0.314. The smallest absolute Gasteiger partial charge is 0.237 e. The number of nitrogens with one attached hydrogen (secondary N) is 1. The van der Waals surface area contributed by atoms with E-state index in [-0.39, 0.29) is 36.0 Å². The molecule has 20 heavy (non-hydrogen) atoms. The minimum Gasteiger partial charge on any atom is -0.339 e. The maximum absolute atomic E-state index is 12.1. The molecule has 1 amide bonds. The molecule has 1 fully saturated rings. The SMILES string of the molecule is CN(CC(=O)N1CCNCC1)S(=O)(=O)CC(C)(C)C.Cl. The lowest BCUT2D eigenvalue weighted by Crippen LogP contribution is -2.50. The number of carbonyl (C=O) groups excluding carboxylic acids is 1. The fourth-order valence-corrected chi connectivity index (χ4v) is 3.58. The Bertz CT molecular complexity index is 414. The quantitative estimate of drug-likeness (QED) is 0.798. The largest absolute Gasteiger partial charge is 0.339 e. The fourth-order valence-electron chi connectivity index (χ4n) is 1.96. The number of nitrogens with zero attached hydrogens (tertiary/aromatic N) is 2. The van der Waals surface area contributed by atoms with Gasteiger partial charge in [0.1, 0.15) is 0 Å². The van der Waals surface area contributed by atoms with Crippen molar-refractivity contribution in [3.05, 3.63) is 0 Å². The topological polar surface area (TPSA) is 69.7 Å². The van der Waals surface area contributed by atoms with Gasteiger partial charge in [-0.2, -0.15) is 4.31 Å². The second-order valence-corrected chi connectivity index (χ2v) is 8.28. The molecule has 1 aliphatic rings. The number of amides is 1. The molecule has 1 N–H and O–H groups in total. The summed E-state index contributed by atoms with van der Waals surface area (Å²) in [4.78, 5) is 13.7. The van der Waals surface area contributed by atoms with Crippen molar-refractivity contribution < 1.29 is 13.2 Å². The Morgan fingerprint density at radius 1 is 1.25 bits per heavy atom. The van der Waals surface area contributed by atoms with E-state index in [2.05, 4.69) is 5.32 Å². The van der Waals surface area contributed by atoms with E-state index in [4.69, 9.17) is 0 Å². The molecule has 0 unspecified atom stereocenters. The third-order valence-corrected chi connectivity index (χ3v) is 5.23. The second kappa shape index (κ2) is 7.59. The number of hydrogen-bond acceptors (Lipinski definition) is 4. The zero-order valence-corrected chi connectivity index (χ0v) is 14.3. The molecule has 0 aromatic heterocycles. The Hall–Kier alpha value is -0.370. The molecule has 1 heterocycles. The number of carbonyl (C=O) groups is 1. The van der Waals surface area contributed by atoms with E-state index in [1.165, 1.54) is 11.4 Å². The van der Waals surface area contributed by atoms with Crippen LogP contribution in [0.5, 0.6) is 0 Å². The average Bonchev–Trinajstić information content (AvgIpc) is 2.26. The predicted octanol–water partition coefficient (Wildman–Crippen LogP) is 0.148. The van der Waals surface area contributed by atoms with E-state index < -0.39 is 10.0 Å². The highest BCUT2D eigenvalue weighted by molar-refractivity contribution is 7.89. The van der Waals surface area contributed by atoms with Crippen molar-refractivity contribution in [1.29, 1.82) is 0 Å². The fraction of sp³-hybridized carbons (Fsp3) is 0.917. The van der Waals surface area contributed by atoms with Gasteiger partial charge in [0.05, 0.1) is 12.3 Å². The first-order valence-electron chi connectivity index (χ1n) is 6.54. The predicted molar refractivity (Wildman–Crippen MR) is 82.6 cm³/mol. The second-order valence-electron chi connectivity index (χ2n) is 6.20. The van der Waals surface area contributed by atoms with E-state index in [0.29, 0.717) is 13.1 Å². The summed E-state index contributed by atoms with van der Waals surface area (Å²) in [5.74, 6) is -0.0767. The first-order valence-corrected chi connectivity index (χ1v) is 8.15. The van der Waals surface area contributed by atoms with Crippen LogP contribution in [0.4, 0.5) is 0 Å². The normalized spacial score (nSPS) is 16.9. The van der Waals surface area contributed by atoms with Crippen LogP contribution in [0, 0.1) is 5.41 Å². The van der Waals surface area contributed by atoms with Crippen molar-refractivity contribution in [3.63, 3.8) is 0 Å². The standard InChI is InChI=1S/C12H25N3O3S.ClH/c1-12(2,3)10-19(17,18)14(4)9-11(16)15-7-5-13-6-8-15;/h13H,5-10H2,1-4H3;1H. The first kappa shape index (κ1) is 19.6. The van der Waals surface area contributed by atoms with Gasteiger partial charge < -0.3 is 10.2 Å². The number of rotatable bonds is 4. The molecule has 0 aromatic carbocycles. The number of sulfonamides is 1. The van der Waals surface area contributed by atoms with Crippen LogP contribution >= 0.6 is 12.4 Å². The van der Waals surface area contributed by atoms with Gasteiger partial charge in [0, 0.05) is 33.2 Å². The number of piperazine rings is 1. The Morgan fingerprint density at radius 2 is 1.75 bits per heavy atom. The lowest BCUT2D eigenvalue weighted by atomic mass is 10.0. The van der Waals surface area contributed by atoms with Crippen LogP contribution in [-0.2, 0) is 14.8 Å². The van der Waals surface area contributed by atoms with E-state index in [1.54, 1.807) is 4.90 Å². The van der Waals surface area contributed by atoms with Crippen molar-refractivity contribution in [2.75, 3.05) is 45.5 Å². The molecule has 0 bridgehead atoms. The third-order valence-electron chi connectivity index (χ3n) is 2.92. The van der Waals surface area contributed by atoms with Crippen LogP contribution in [0.25, 0.3) is 0 Å². The Labute approximate surface area is 128 Å². The molecule has 1 saturated heterocycles. The number of likely N-dealkylation sites (N-methyl/N-ethyl adjacent to an activating group) is 1. The maximum Gasteiger partial charge on any atom is 0.237 e. The highest BCUT2D eigenvalue weighted by Gasteiger charge is 2.28. The summed E-state index contributed by atoms with van der Waals surface area (Å²) in [6.07, 6.45) is 0. The van der Waals surface area contributed by atoms with E-state index in [0.717, 1.165) is 13.1 Å². The molecule has 6 nitrogen and oxygen atoms in total. The Balaban J connectivity index is 0.00000361. The lowest BCUT2D eigenvalue weighted by molar-refractivity contribution is -0.131. The van der Waals surface area contributed by atoms with Gasteiger partial charge in [-0.1, -0.05) is 20.8 Å². The van der Waals surface area contributed by atoms with Gasteiger partial charge in [-0.25, -0.2) is 8.42 Å². The monoisotopic (exact) mass is 327 g/mol. The summed E-state index contributed by atoms with van der Waals surface area (Å²) < 4.78 is 25.4. The third kappa shape index (κ3) is 6.39. The van der Waals surface area contributed by atoms with Crippen molar-refractivity contribution in [2.24, 2.45) is 5.41 Å². The lowest BCUT2D eigenvalue weighted by Gasteiger charge is -2.29. The summed E-state index contributed by atoms with van der Waals surface area (Å²) >= 11 is 0. The molecule has 0 aliphatic carbocycles. The van der Waals surface area contributed by atoms with Gasteiger partial charge >= 0.3 is 0 Å². The molecule has 0 atom stereocenters. The molecule has 0 spiro atoms. The van der Waals surface area contributed by atoms with Gasteiger partial charge in [0.15, 0.2) is 0 Å². The van der Waals surface area contributed by atoms with Gasteiger partial charge in [-0.3, -0.25) is 4.79 Å². The van der Waals surface area contributed by atoms with Crippen LogP contribution in [0.15, 0.2) is 0 Å². The average molecular weight is 328 g/mol. The first-order chi connectivity index (χ1) is 8.62. The van der Waals surface area contributed by atoms with Crippen molar-refractivity contribution >= 4 is 28.3 Å². The Morgan fingerprint density at radius 3 is 2.20 bits per heavy atom. The van der Waals surface area contributed by atoms with Crippen LogP contribution in [-0.4, -0.2) is 69.1 Å². The van der Waals surface area contributed by atoms with Gasteiger partial charge in [0.25, 0.3) is 0 Å². The summed E-state index contributed by atoms with van der Waals surface area (Å²) in [5, 5.41) is 3.16. The molecule has 0 saturated carbocycles. The van der Waals surface area contributed by atoms with Gasteiger partial charge in [0.2, 0.25) is 15.9 Å². The summed E-state index contributed by atoms with van der Waals surface area (Å²) in [6, 6.07) is 0. The summed E-state index contributed by atoms with van der Waals surface area (Å²) in [6.45, 7) is 8.37. The molecule has 1 rings (SSSR count). The van der Waals surface area contributed by atoms with Gasteiger partial charge in [-0.05, 0) is 5.41 Å². The van der Waals surface area contributed by atoms with E-state index in [1.807, 2.05) is 20.8 Å².